The molecule has 0 N–H and O–H groups in total. The molecule has 0 aromatic heterocycles. The molecule has 2 aliphatic carbocycles. The molecule has 0 radical (unpaired) electrons. The minimum Gasteiger partial charge on any atom is -0.334 e. The third-order valence-corrected chi connectivity index (χ3v) is 6.31. The van der Waals surface area contributed by atoms with Crippen molar-refractivity contribution in [2.24, 2.45) is 17.8 Å². The van der Waals surface area contributed by atoms with Crippen LogP contribution in [0.2, 0.25) is 0 Å². The zero-order chi connectivity index (χ0) is 13.5. The molecule has 3 aliphatic rings. The molecule has 1 heterocycles. The summed E-state index contributed by atoms with van der Waals surface area (Å²) in [5.41, 5.74) is 1.30. The van der Waals surface area contributed by atoms with Crippen LogP contribution in [0.1, 0.15) is 30.9 Å². The highest BCUT2D eigenvalue weighted by atomic mass is 32.2. The molecule has 1 amide bonds. The van der Waals surface area contributed by atoms with Crippen LogP contribution in [0.15, 0.2) is 30.3 Å². The van der Waals surface area contributed by atoms with E-state index in [1.54, 1.807) is 0 Å². The van der Waals surface area contributed by atoms with Gasteiger partial charge < -0.3 is 4.90 Å². The van der Waals surface area contributed by atoms with Gasteiger partial charge >= 0.3 is 0 Å². The first-order valence-electron chi connectivity index (χ1n) is 7.79. The van der Waals surface area contributed by atoms with Gasteiger partial charge in [0.2, 0.25) is 5.91 Å². The van der Waals surface area contributed by atoms with E-state index < -0.39 is 0 Å². The van der Waals surface area contributed by atoms with Gasteiger partial charge in [-0.25, -0.2) is 0 Å². The Bertz CT molecular complexity index is 493. The maximum Gasteiger partial charge on any atom is 0.226 e. The first-order valence-corrected chi connectivity index (χ1v) is 8.95. The molecule has 3 fully saturated rings. The highest BCUT2D eigenvalue weighted by molar-refractivity contribution is 7.99. The van der Waals surface area contributed by atoms with Crippen LogP contribution >= 0.6 is 11.8 Å². The van der Waals surface area contributed by atoms with E-state index >= 15 is 0 Å². The Morgan fingerprint density at radius 1 is 1.15 bits per heavy atom. The molecular formula is C17H21NOS. The molecule has 4 rings (SSSR count). The van der Waals surface area contributed by atoms with Crippen LogP contribution in [-0.4, -0.2) is 28.9 Å². The van der Waals surface area contributed by atoms with E-state index in [1.165, 1.54) is 24.8 Å². The van der Waals surface area contributed by atoms with Crippen molar-refractivity contribution in [3.05, 3.63) is 35.9 Å². The molecule has 1 saturated heterocycles. The molecule has 106 valence electrons. The third-order valence-electron chi connectivity index (χ3n) is 5.29. The fourth-order valence-electron chi connectivity index (χ4n) is 4.20. The summed E-state index contributed by atoms with van der Waals surface area (Å²) in [5.74, 6) is 4.43. The molecule has 2 nitrogen and oxygen atoms in total. The number of rotatable bonds is 2. The first kappa shape index (κ1) is 12.8. The molecule has 1 aliphatic heterocycles. The van der Waals surface area contributed by atoms with Crippen LogP contribution < -0.4 is 0 Å². The van der Waals surface area contributed by atoms with Crippen molar-refractivity contribution in [2.45, 2.75) is 25.3 Å². The van der Waals surface area contributed by atoms with E-state index in [0.29, 0.717) is 17.9 Å². The average molecular weight is 287 g/mol. The van der Waals surface area contributed by atoms with Crippen molar-refractivity contribution in [3.8, 4) is 0 Å². The molecule has 1 aromatic carbocycles. The van der Waals surface area contributed by atoms with Gasteiger partial charge in [0.15, 0.2) is 0 Å². The maximum atomic E-state index is 12.9. The van der Waals surface area contributed by atoms with Crippen LogP contribution in [0.25, 0.3) is 0 Å². The van der Waals surface area contributed by atoms with E-state index in [2.05, 4.69) is 35.2 Å². The number of fused-ring (bicyclic) bond motifs is 1. The smallest absolute Gasteiger partial charge is 0.226 e. The van der Waals surface area contributed by atoms with Gasteiger partial charge in [-0.3, -0.25) is 4.79 Å². The number of nitrogens with zero attached hydrogens (tertiary/aromatic N) is 1. The Morgan fingerprint density at radius 2 is 1.90 bits per heavy atom. The Balaban J connectivity index is 1.54. The van der Waals surface area contributed by atoms with Gasteiger partial charge in [-0.2, -0.15) is 11.8 Å². The number of hydrogen-bond acceptors (Lipinski definition) is 2. The monoisotopic (exact) mass is 287 g/mol. The van der Waals surface area contributed by atoms with Crippen LogP contribution in [-0.2, 0) is 4.79 Å². The van der Waals surface area contributed by atoms with Crippen molar-refractivity contribution in [2.75, 3.05) is 18.1 Å². The number of thioether (sulfide) groups is 1. The van der Waals surface area contributed by atoms with E-state index in [1.807, 2.05) is 11.8 Å². The van der Waals surface area contributed by atoms with Gasteiger partial charge in [0.25, 0.3) is 0 Å². The summed E-state index contributed by atoms with van der Waals surface area (Å²) in [4.78, 5) is 15.1. The molecule has 3 heteroatoms. The summed E-state index contributed by atoms with van der Waals surface area (Å²) < 4.78 is 0. The molecule has 1 aromatic rings. The second-order valence-corrected chi connectivity index (χ2v) is 7.47. The summed E-state index contributed by atoms with van der Waals surface area (Å²) in [7, 11) is 0. The van der Waals surface area contributed by atoms with Crippen LogP contribution in [0.3, 0.4) is 0 Å². The molecule has 3 atom stereocenters. The first-order chi connectivity index (χ1) is 9.86. The van der Waals surface area contributed by atoms with Gasteiger partial charge in [0.1, 0.15) is 0 Å². The van der Waals surface area contributed by atoms with Crippen LogP contribution in [0, 0.1) is 17.8 Å². The quantitative estimate of drug-likeness (QED) is 0.831. The summed E-state index contributed by atoms with van der Waals surface area (Å²) in [5, 5.41) is 0. The van der Waals surface area contributed by atoms with Gasteiger partial charge in [-0.05, 0) is 30.2 Å². The summed E-state index contributed by atoms with van der Waals surface area (Å²) >= 11 is 1.98. The van der Waals surface area contributed by atoms with E-state index in [4.69, 9.17) is 0 Å². The molecule has 0 spiro atoms. The lowest BCUT2D eigenvalue weighted by atomic mass is 10.0. The minimum absolute atomic E-state index is 0.295. The summed E-state index contributed by atoms with van der Waals surface area (Å²) in [6.45, 7) is 0.930. The number of amides is 1. The standard InChI is InChI=1S/C17H21NOS/c19-17(16-13-7-4-8-14(13)16)18-9-10-20-11-15(18)12-5-2-1-3-6-12/h1-3,5-6,13-16H,4,7-11H2/t13-,14-,15-/m1/s1. The van der Waals surface area contributed by atoms with Crippen molar-refractivity contribution in [1.29, 1.82) is 0 Å². The maximum absolute atomic E-state index is 12.9. The highest BCUT2D eigenvalue weighted by Gasteiger charge is 2.58. The topological polar surface area (TPSA) is 20.3 Å². The molecular weight excluding hydrogens is 266 g/mol. The normalized spacial score (nSPS) is 35.7. The van der Waals surface area contributed by atoms with E-state index in [0.717, 1.165) is 29.9 Å². The SMILES string of the molecule is O=C(C1[C@@H]2CCC[C@@H]12)N1CCSC[C@@H]1c1ccccc1. The zero-order valence-corrected chi connectivity index (χ0v) is 12.5. The number of hydrogen-bond donors (Lipinski definition) is 0. The minimum atomic E-state index is 0.295. The lowest BCUT2D eigenvalue weighted by Crippen LogP contribution is -2.42. The lowest BCUT2D eigenvalue weighted by molar-refractivity contribution is -0.135. The number of benzene rings is 1. The van der Waals surface area contributed by atoms with Crippen molar-refractivity contribution >= 4 is 17.7 Å². The Labute approximate surface area is 124 Å². The average Bonchev–Trinajstić information content (AvgIpc) is 2.99. The van der Waals surface area contributed by atoms with Gasteiger partial charge in [-0.15, -0.1) is 0 Å². The molecule has 2 saturated carbocycles. The van der Waals surface area contributed by atoms with Crippen LogP contribution in [0.5, 0.6) is 0 Å². The molecule has 20 heavy (non-hydrogen) atoms. The van der Waals surface area contributed by atoms with Crippen molar-refractivity contribution in [3.63, 3.8) is 0 Å². The van der Waals surface area contributed by atoms with Gasteiger partial charge in [-0.1, -0.05) is 36.8 Å². The number of carbonyl (C=O) groups excluding carboxylic acids is 1. The Kier molecular flexibility index (Phi) is 3.25. The second kappa shape index (κ2) is 5.10. The highest BCUT2D eigenvalue weighted by Crippen LogP contribution is 2.58. The third kappa shape index (κ3) is 2.07. The Hall–Kier alpha value is -0.960. The Morgan fingerprint density at radius 3 is 2.65 bits per heavy atom. The lowest BCUT2D eigenvalue weighted by Gasteiger charge is -2.36. The van der Waals surface area contributed by atoms with Crippen LogP contribution in [0.4, 0.5) is 0 Å². The second-order valence-electron chi connectivity index (χ2n) is 6.32. The number of carbonyl (C=O) groups is 1. The van der Waals surface area contributed by atoms with Crippen molar-refractivity contribution in [1.82, 2.24) is 4.90 Å². The van der Waals surface area contributed by atoms with E-state index in [-0.39, 0.29) is 0 Å². The van der Waals surface area contributed by atoms with Gasteiger partial charge in [0.05, 0.1) is 6.04 Å². The van der Waals surface area contributed by atoms with E-state index in [9.17, 15) is 4.79 Å². The predicted octanol–water partition coefficient (Wildman–Crippen LogP) is 3.35. The molecule has 0 bridgehead atoms. The zero-order valence-electron chi connectivity index (χ0n) is 11.7. The van der Waals surface area contributed by atoms with Gasteiger partial charge in [0, 0.05) is 24.0 Å². The summed E-state index contributed by atoms with van der Waals surface area (Å²) in [6.07, 6.45) is 3.93. The summed E-state index contributed by atoms with van der Waals surface area (Å²) in [6, 6.07) is 10.9. The largest absolute Gasteiger partial charge is 0.334 e. The molecule has 0 unspecified atom stereocenters. The van der Waals surface area contributed by atoms with Crippen molar-refractivity contribution < 1.29 is 4.79 Å². The predicted molar refractivity (Wildman–Crippen MR) is 82.5 cm³/mol. The fraction of sp³-hybridized carbons (Fsp3) is 0.588. The fourth-order valence-corrected chi connectivity index (χ4v) is 5.29.